The van der Waals surface area contributed by atoms with E-state index in [1.165, 1.54) is 10.8 Å². The molecule has 0 saturated carbocycles. The minimum atomic E-state index is 0.459. The number of hydrogen-bond acceptors (Lipinski definition) is 2. The first kappa shape index (κ1) is 36.2. The van der Waals surface area contributed by atoms with E-state index in [0.29, 0.717) is 22.5 Å². The molecule has 10 aromatic carbocycles. The highest BCUT2D eigenvalue weighted by atomic mass is 15.1. The maximum absolute atomic E-state index is 11.4. The van der Waals surface area contributed by atoms with Gasteiger partial charge in [-0.25, -0.2) is 0 Å². The molecule has 0 aliphatic heterocycles. The largest absolute Gasteiger partial charge is 0.309 e. The molecule has 0 saturated heterocycles. The summed E-state index contributed by atoms with van der Waals surface area (Å²) in [5, 5.41) is 33.8. The van der Waals surface area contributed by atoms with Crippen LogP contribution >= 0.6 is 0 Å². The van der Waals surface area contributed by atoms with E-state index in [1.807, 2.05) is 24.3 Å². The normalized spacial score (nSPS) is 11.9. The second-order valence-electron chi connectivity index (χ2n) is 17.1. The monoisotopic (exact) mass is 838 g/mol. The fourth-order valence-corrected chi connectivity index (χ4v) is 11.1. The minimum Gasteiger partial charge on any atom is -0.309 e. The molecular formula is C60H34N6. The van der Waals surface area contributed by atoms with E-state index in [0.717, 1.165) is 98.6 Å². The molecule has 0 atom stereocenters. The van der Waals surface area contributed by atoms with Crippen LogP contribution in [0.1, 0.15) is 11.1 Å². The predicted octanol–water partition coefficient (Wildman–Crippen LogP) is 15.0. The van der Waals surface area contributed by atoms with Crippen molar-refractivity contribution >= 4 is 98.0 Å². The van der Waals surface area contributed by atoms with E-state index in [9.17, 15) is 10.5 Å². The lowest BCUT2D eigenvalue weighted by molar-refractivity contribution is 1.12. The first-order valence-corrected chi connectivity index (χ1v) is 22.1. The average molecular weight is 839 g/mol. The van der Waals surface area contributed by atoms with Crippen molar-refractivity contribution in [1.29, 1.82) is 10.5 Å². The summed E-state index contributed by atoms with van der Waals surface area (Å²) in [7, 11) is 0. The van der Waals surface area contributed by atoms with Crippen molar-refractivity contribution in [1.82, 2.24) is 18.3 Å². The van der Waals surface area contributed by atoms with Gasteiger partial charge in [0, 0.05) is 54.5 Å². The number of aromatic nitrogens is 4. The standard InChI is InChI=1S/C60H34N6/c61-35-38-33-57(39(36-62)32-56(38)65-53-25-13-9-21-48(53)58-42-17-5-4-14-37(42)26-30-55(58)65)66-54-31-27-41(63-50-22-10-6-18-43(50)44-19-7-11-23-51(44)63)34-49(54)47-29-28-46-45-20-8-12-24-52(45)64(59(46)60(47)66)40-15-2-1-3-16-40/h1-34H. The lowest BCUT2D eigenvalue weighted by atomic mass is 10.0. The first-order valence-electron chi connectivity index (χ1n) is 22.1. The molecule has 0 aliphatic carbocycles. The number of hydrogen-bond donors (Lipinski definition) is 0. The third-order valence-electron chi connectivity index (χ3n) is 13.8. The molecule has 4 heterocycles. The predicted molar refractivity (Wildman–Crippen MR) is 271 cm³/mol. The van der Waals surface area contributed by atoms with Crippen molar-refractivity contribution in [3.8, 4) is 34.9 Å². The number of nitriles is 2. The Labute approximate surface area is 377 Å². The Kier molecular flexibility index (Phi) is 7.43. The molecule has 0 radical (unpaired) electrons. The zero-order chi connectivity index (χ0) is 43.6. The van der Waals surface area contributed by atoms with Gasteiger partial charge in [-0.3, -0.25) is 0 Å². The molecule has 6 nitrogen and oxygen atoms in total. The molecule has 0 amide bonds. The smallest absolute Gasteiger partial charge is 0.101 e. The van der Waals surface area contributed by atoms with Crippen molar-refractivity contribution < 1.29 is 0 Å². The lowest BCUT2D eigenvalue weighted by Gasteiger charge is -2.17. The van der Waals surface area contributed by atoms with Gasteiger partial charge in [0.15, 0.2) is 0 Å². The number of rotatable bonds is 4. The van der Waals surface area contributed by atoms with Gasteiger partial charge in [-0.2, -0.15) is 10.5 Å². The zero-order valence-electron chi connectivity index (χ0n) is 35.3. The third-order valence-corrected chi connectivity index (χ3v) is 13.8. The van der Waals surface area contributed by atoms with Gasteiger partial charge in [0.05, 0.1) is 66.6 Å². The molecule has 0 bridgehead atoms. The summed E-state index contributed by atoms with van der Waals surface area (Å²) >= 11 is 0. The summed E-state index contributed by atoms with van der Waals surface area (Å²) in [4.78, 5) is 0. The van der Waals surface area contributed by atoms with Gasteiger partial charge >= 0.3 is 0 Å². The van der Waals surface area contributed by atoms with Crippen LogP contribution in [-0.4, -0.2) is 18.3 Å². The molecule has 4 aromatic heterocycles. The summed E-state index contributed by atoms with van der Waals surface area (Å²) in [6.45, 7) is 0. The highest BCUT2D eigenvalue weighted by Crippen LogP contribution is 2.45. The topological polar surface area (TPSA) is 67.3 Å². The molecule has 6 heteroatoms. The Morgan fingerprint density at radius 2 is 0.758 bits per heavy atom. The van der Waals surface area contributed by atoms with E-state index in [4.69, 9.17) is 0 Å². The van der Waals surface area contributed by atoms with Crippen molar-refractivity contribution in [3.63, 3.8) is 0 Å². The van der Waals surface area contributed by atoms with Crippen molar-refractivity contribution in [2.75, 3.05) is 0 Å². The fraction of sp³-hybridized carbons (Fsp3) is 0. The van der Waals surface area contributed by atoms with E-state index >= 15 is 0 Å². The third kappa shape index (κ3) is 4.82. The van der Waals surface area contributed by atoms with Crippen LogP contribution in [0, 0.1) is 22.7 Å². The van der Waals surface area contributed by atoms with Crippen molar-refractivity contribution in [2.24, 2.45) is 0 Å². The molecule has 304 valence electrons. The molecule has 14 aromatic rings. The second-order valence-corrected chi connectivity index (χ2v) is 17.1. The molecule has 0 unspecified atom stereocenters. The van der Waals surface area contributed by atoms with E-state index in [2.05, 4.69) is 212 Å². The van der Waals surface area contributed by atoms with Crippen LogP contribution in [0.4, 0.5) is 0 Å². The maximum Gasteiger partial charge on any atom is 0.101 e. The Morgan fingerprint density at radius 1 is 0.288 bits per heavy atom. The summed E-state index contributed by atoms with van der Waals surface area (Å²) in [6.07, 6.45) is 0. The van der Waals surface area contributed by atoms with E-state index in [-0.39, 0.29) is 0 Å². The minimum absolute atomic E-state index is 0.459. The molecule has 14 rings (SSSR count). The molecule has 0 fully saturated rings. The van der Waals surface area contributed by atoms with Crippen LogP contribution in [-0.2, 0) is 0 Å². The summed E-state index contributed by atoms with van der Waals surface area (Å²) in [5.41, 5.74) is 12.5. The van der Waals surface area contributed by atoms with Crippen LogP contribution in [0.5, 0.6) is 0 Å². The Balaban J connectivity index is 1.12. The fourth-order valence-electron chi connectivity index (χ4n) is 11.1. The van der Waals surface area contributed by atoms with Gasteiger partial charge in [0.2, 0.25) is 0 Å². The molecule has 0 aliphatic rings. The Hall–Kier alpha value is -9.36. The lowest BCUT2D eigenvalue weighted by Crippen LogP contribution is -2.05. The van der Waals surface area contributed by atoms with Crippen molar-refractivity contribution in [2.45, 2.75) is 0 Å². The Bertz CT molecular complexity index is 4430. The average Bonchev–Trinajstić information content (AvgIpc) is 4.11. The summed E-state index contributed by atoms with van der Waals surface area (Å²) < 4.78 is 9.11. The van der Waals surface area contributed by atoms with Crippen LogP contribution < -0.4 is 0 Å². The van der Waals surface area contributed by atoms with Gasteiger partial charge in [-0.15, -0.1) is 0 Å². The van der Waals surface area contributed by atoms with Crippen LogP contribution in [0.3, 0.4) is 0 Å². The van der Waals surface area contributed by atoms with E-state index in [1.54, 1.807) is 0 Å². The zero-order valence-corrected chi connectivity index (χ0v) is 35.3. The van der Waals surface area contributed by atoms with Crippen LogP contribution in [0.25, 0.3) is 121 Å². The van der Waals surface area contributed by atoms with Gasteiger partial charge in [0.25, 0.3) is 0 Å². The van der Waals surface area contributed by atoms with Gasteiger partial charge in [-0.05, 0) is 83.6 Å². The highest BCUT2D eigenvalue weighted by molar-refractivity contribution is 6.25. The Morgan fingerprint density at radius 3 is 1.41 bits per heavy atom. The van der Waals surface area contributed by atoms with E-state index < -0.39 is 0 Å². The number of para-hydroxylation sites is 5. The van der Waals surface area contributed by atoms with Gasteiger partial charge in [-0.1, -0.05) is 133 Å². The summed E-state index contributed by atoms with van der Waals surface area (Å²) in [5.74, 6) is 0. The molecule has 66 heavy (non-hydrogen) atoms. The maximum atomic E-state index is 11.4. The molecule has 0 spiro atoms. The van der Waals surface area contributed by atoms with Gasteiger partial charge < -0.3 is 18.3 Å². The SMILES string of the molecule is N#Cc1cc(-n2c3ccc(-n4c5ccccc5c5ccccc54)cc3c3ccc4c5ccccc5n(-c5ccccc5)c4c32)c(C#N)cc1-n1c2ccccc2c2c3ccccc3ccc21. The van der Waals surface area contributed by atoms with Gasteiger partial charge in [0.1, 0.15) is 12.1 Å². The summed E-state index contributed by atoms with van der Waals surface area (Å²) in [6, 6.07) is 77.5. The first-order chi connectivity index (χ1) is 32.7. The quantitative estimate of drug-likeness (QED) is 0.177. The number of fused-ring (bicyclic) bond motifs is 15. The van der Waals surface area contributed by atoms with Crippen LogP contribution in [0.15, 0.2) is 206 Å². The van der Waals surface area contributed by atoms with Crippen molar-refractivity contribution in [3.05, 3.63) is 217 Å². The van der Waals surface area contributed by atoms with Crippen LogP contribution in [0.2, 0.25) is 0 Å². The second kappa shape index (κ2) is 13.6. The molecule has 0 N–H and O–H groups in total. The molecular weight excluding hydrogens is 805 g/mol. The highest BCUT2D eigenvalue weighted by Gasteiger charge is 2.26. The number of nitrogens with zero attached hydrogens (tertiary/aromatic N) is 6. The number of benzene rings is 10.